The predicted molar refractivity (Wildman–Crippen MR) is 109 cm³/mol. The summed E-state index contributed by atoms with van der Waals surface area (Å²) in [6.07, 6.45) is 6.93. The van der Waals surface area contributed by atoms with Gasteiger partial charge in [0.2, 0.25) is 17.6 Å². The van der Waals surface area contributed by atoms with Crippen LogP contribution in [0.2, 0.25) is 0 Å². The number of amides is 1. The SMILES string of the molecule is CCCCCCC(=O)N1CCC(c2nc(-c3ccc4c(C)noc4c3)no2)CC1. The maximum absolute atomic E-state index is 12.4. The summed E-state index contributed by atoms with van der Waals surface area (Å²) in [7, 11) is 0. The lowest BCUT2D eigenvalue weighted by atomic mass is 9.96. The molecule has 4 rings (SSSR count). The van der Waals surface area contributed by atoms with E-state index in [1.165, 1.54) is 12.8 Å². The maximum atomic E-state index is 12.4. The van der Waals surface area contributed by atoms with Crippen molar-refractivity contribution in [2.45, 2.75) is 64.7 Å². The Hall–Kier alpha value is -2.70. The molecule has 3 aromatic rings. The number of hydrogen-bond donors (Lipinski definition) is 0. The van der Waals surface area contributed by atoms with E-state index in [0.717, 1.165) is 61.0 Å². The Labute approximate surface area is 170 Å². The van der Waals surface area contributed by atoms with Gasteiger partial charge in [-0.05, 0) is 38.3 Å². The molecular weight excluding hydrogens is 368 g/mol. The molecule has 1 amide bonds. The highest BCUT2D eigenvalue weighted by Gasteiger charge is 2.27. The molecule has 154 valence electrons. The van der Waals surface area contributed by atoms with Gasteiger partial charge in [-0.3, -0.25) is 4.79 Å². The van der Waals surface area contributed by atoms with E-state index >= 15 is 0 Å². The van der Waals surface area contributed by atoms with Crippen molar-refractivity contribution in [1.29, 1.82) is 0 Å². The zero-order chi connectivity index (χ0) is 20.2. The molecule has 1 saturated heterocycles. The average molecular weight is 396 g/mol. The molecular formula is C22H28N4O3. The number of carbonyl (C=O) groups excluding carboxylic acids is 1. The van der Waals surface area contributed by atoms with Gasteiger partial charge >= 0.3 is 0 Å². The summed E-state index contributed by atoms with van der Waals surface area (Å²) in [6, 6.07) is 5.82. The normalized spacial score (nSPS) is 15.3. The number of aryl methyl sites for hydroxylation is 1. The Morgan fingerprint density at radius 2 is 1.97 bits per heavy atom. The van der Waals surface area contributed by atoms with E-state index in [4.69, 9.17) is 9.05 Å². The molecule has 7 heteroatoms. The van der Waals surface area contributed by atoms with Crippen LogP contribution in [0.5, 0.6) is 0 Å². The molecule has 7 nitrogen and oxygen atoms in total. The van der Waals surface area contributed by atoms with Gasteiger partial charge in [-0.1, -0.05) is 42.6 Å². The summed E-state index contributed by atoms with van der Waals surface area (Å²) in [6.45, 7) is 5.62. The number of benzene rings is 1. The van der Waals surface area contributed by atoms with E-state index in [0.29, 0.717) is 18.1 Å². The minimum absolute atomic E-state index is 0.205. The first-order chi connectivity index (χ1) is 14.2. The van der Waals surface area contributed by atoms with Crippen LogP contribution >= 0.6 is 0 Å². The quantitative estimate of drug-likeness (QED) is 0.530. The van der Waals surface area contributed by atoms with Gasteiger partial charge in [-0.2, -0.15) is 4.98 Å². The summed E-state index contributed by atoms with van der Waals surface area (Å²) in [5, 5.41) is 9.14. The summed E-state index contributed by atoms with van der Waals surface area (Å²) in [5.74, 6) is 1.70. The van der Waals surface area contributed by atoms with Crippen LogP contribution < -0.4 is 0 Å². The van der Waals surface area contributed by atoms with E-state index in [2.05, 4.69) is 22.2 Å². The van der Waals surface area contributed by atoms with Crippen molar-refractivity contribution >= 4 is 16.9 Å². The first-order valence-corrected chi connectivity index (χ1v) is 10.6. The van der Waals surface area contributed by atoms with Gasteiger partial charge in [-0.15, -0.1) is 0 Å². The number of nitrogens with zero attached hydrogens (tertiary/aromatic N) is 4. The molecule has 0 spiro atoms. The van der Waals surface area contributed by atoms with E-state index in [9.17, 15) is 4.79 Å². The van der Waals surface area contributed by atoms with Gasteiger partial charge in [0.1, 0.15) is 0 Å². The molecule has 0 atom stereocenters. The third-order valence-corrected chi connectivity index (χ3v) is 5.79. The molecule has 0 bridgehead atoms. The lowest BCUT2D eigenvalue weighted by Gasteiger charge is -2.30. The zero-order valence-corrected chi connectivity index (χ0v) is 17.2. The van der Waals surface area contributed by atoms with Crippen molar-refractivity contribution in [3.63, 3.8) is 0 Å². The van der Waals surface area contributed by atoms with E-state index in [-0.39, 0.29) is 11.8 Å². The number of rotatable bonds is 7. The van der Waals surface area contributed by atoms with Crippen molar-refractivity contribution in [1.82, 2.24) is 20.2 Å². The Morgan fingerprint density at radius 3 is 2.76 bits per heavy atom. The van der Waals surface area contributed by atoms with Crippen molar-refractivity contribution in [3.05, 3.63) is 29.8 Å². The minimum Gasteiger partial charge on any atom is -0.356 e. The van der Waals surface area contributed by atoms with Crippen molar-refractivity contribution in [3.8, 4) is 11.4 Å². The highest BCUT2D eigenvalue weighted by atomic mass is 16.5. The Kier molecular flexibility index (Phi) is 5.92. The fraction of sp³-hybridized carbons (Fsp3) is 0.545. The summed E-state index contributed by atoms with van der Waals surface area (Å²) in [5.41, 5.74) is 2.44. The van der Waals surface area contributed by atoms with Gasteiger partial charge in [0.05, 0.1) is 5.69 Å². The molecule has 1 aliphatic rings. The predicted octanol–water partition coefficient (Wildman–Crippen LogP) is 4.86. The number of likely N-dealkylation sites (tertiary alicyclic amines) is 1. The van der Waals surface area contributed by atoms with Crippen molar-refractivity contribution in [2.24, 2.45) is 0 Å². The van der Waals surface area contributed by atoms with Crippen LogP contribution in [-0.2, 0) is 4.79 Å². The summed E-state index contributed by atoms with van der Waals surface area (Å²) < 4.78 is 10.9. The third-order valence-electron chi connectivity index (χ3n) is 5.79. The Morgan fingerprint density at radius 1 is 1.14 bits per heavy atom. The van der Waals surface area contributed by atoms with Gasteiger partial charge in [0.25, 0.3) is 0 Å². The second-order valence-corrected chi connectivity index (χ2v) is 7.90. The van der Waals surface area contributed by atoms with Crippen LogP contribution in [0.4, 0.5) is 0 Å². The van der Waals surface area contributed by atoms with Crippen LogP contribution in [-0.4, -0.2) is 39.2 Å². The maximum Gasteiger partial charge on any atom is 0.230 e. The summed E-state index contributed by atoms with van der Waals surface area (Å²) in [4.78, 5) is 19.0. The molecule has 2 aromatic heterocycles. The lowest BCUT2D eigenvalue weighted by Crippen LogP contribution is -2.37. The van der Waals surface area contributed by atoms with Gasteiger partial charge < -0.3 is 13.9 Å². The summed E-state index contributed by atoms with van der Waals surface area (Å²) >= 11 is 0. The standard InChI is InChI=1S/C22H28N4O3/c1-3-4-5-6-7-20(27)26-12-10-16(11-13-26)22-23-21(25-29-22)17-8-9-18-15(2)24-28-19(18)14-17/h8-9,14,16H,3-7,10-13H2,1-2H3. The number of unbranched alkanes of at least 4 members (excludes halogenated alkanes) is 3. The van der Waals surface area contributed by atoms with Gasteiger partial charge in [0.15, 0.2) is 5.58 Å². The largest absolute Gasteiger partial charge is 0.356 e. The molecule has 0 radical (unpaired) electrons. The average Bonchev–Trinajstić information content (AvgIpc) is 3.38. The third kappa shape index (κ3) is 4.33. The monoisotopic (exact) mass is 396 g/mol. The molecule has 1 fully saturated rings. The number of carbonyl (C=O) groups is 1. The molecule has 1 aromatic carbocycles. The molecule has 1 aliphatic heterocycles. The molecule has 0 aliphatic carbocycles. The van der Waals surface area contributed by atoms with Crippen LogP contribution in [0.1, 0.15) is 69.4 Å². The second-order valence-electron chi connectivity index (χ2n) is 7.90. The zero-order valence-electron chi connectivity index (χ0n) is 17.2. The Balaban J connectivity index is 1.35. The van der Waals surface area contributed by atoms with E-state index < -0.39 is 0 Å². The first-order valence-electron chi connectivity index (χ1n) is 10.6. The highest BCUT2D eigenvalue weighted by Crippen LogP contribution is 2.30. The topological polar surface area (TPSA) is 85.3 Å². The van der Waals surface area contributed by atoms with Crippen LogP contribution in [0.15, 0.2) is 27.2 Å². The molecule has 29 heavy (non-hydrogen) atoms. The molecule has 0 N–H and O–H groups in total. The fourth-order valence-electron chi connectivity index (χ4n) is 3.96. The van der Waals surface area contributed by atoms with E-state index in [1.807, 2.05) is 30.0 Å². The first kappa shape index (κ1) is 19.6. The van der Waals surface area contributed by atoms with Crippen LogP contribution in [0, 0.1) is 6.92 Å². The van der Waals surface area contributed by atoms with Crippen LogP contribution in [0.25, 0.3) is 22.4 Å². The van der Waals surface area contributed by atoms with Gasteiger partial charge in [-0.25, -0.2) is 0 Å². The smallest absolute Gasteiger partial charge is 0.230 e. The number of fused-ring (bicyclic) bond motifs is 1. The molecule has 3 heterocycles. The highest BCUT2D eigenvalue weighted by molar-refractivity contribution is 5.83. The molecule has 0 unspecified atom stereocenters. The van der Waals surface area contributed by atoms with Crippen molar-refractivity contribution in [2.75, 3.05) is 13.1 Å². The van der Waals surface area contributed by atoms with Crippen LogP contribution in [0.3, 0.4) is 0 Å². The Bertz CT molecular complexity index is 970. The number of piperidine rings is 1. The number of aromatic nitrogens is 3. The lowest BCUT2D eigenvalue weighted by molar-refractivity contribution is -0.132. The number of hydrogen-bond acceptors (Lipinski definition) is 6. The fourth-order valence-corrected chi connectivity index (χ4v) is 3.96. The minimum atomic E-state index is 0.205. The van der Waals surface area contributed by atoms with Gasteiger partial charge in [0, 0.05) is 36.4 Å². The molecule has 0 saturated carbocycles. The second kappa shape index (κ2) is 8.76. The van der Waals surface area contributed by atoms with Crippen molar-refractivity contribution < 1.29 is 13.8 Å². The van der Waals surface area contributed by atoms with E-state index in [1.54, 1.807) is 0 Å².